The molecule has 7 heteroatoms. The van der Waals surface area contributed by atoms with Gasteiger partial charge in [0.2, 0.25) is 5.91 Å². The largest absolute Gasteiger partial charge is 0.338 e. The van der Waals surface area contributed by atoms with Crippen LogP contribution in [0.4, 0.5) is 0 Å². The Bertz CT molecular complexity index is 532. The van der Waals surface area contributed by atoms with Crippen LogP contribution in [0, 0.1) is 0 Å². The maximum atomic E-state index is 12.6. The molecule has 0 fully saturated rings. The first kappa shape index (κ1) is 20.3. The van der Waals surface area contributed by atoms with E-state index in [0.29, 0.717) is 6.54 Å². The number of nitrogens with one attached hydrogen (secondary N) is 1. The molecule has 2 rings (SSSR count). The lowest BCUT2D eigenvalue weighted by atomic mass is 10.0. The number of hydrogen-bond donors (Lipinski definition) is 2. The maximum Gasteiger partial charge on any atom is 0.240 e. The lowest BCUT2D eigenvalue weighted by Gasteiger charge is -2.31. The smallest absolute Gasteiger partial charge is 0.240 e. The maximum absolute atomic E-state index is 12.6. The van der Waals surface area contributed by atoms with Gasteiger partial charge < -0.3 is 10.6 Å². The van der Waals surface area contributed by atoms with Crippen LogP contribution in [0.25, 0.3) is 0 Å². The lowest BCUT2D eigenvalue weighted by molar-refractivity contribution is -0.132. The molecule has 23 heavy (non-hydrogen) atoms. The molecule has 1 aliphatic rings. The first-order chi connectivity index (χ1) is 10.4. The Hall–Kier alpha value is -0.720. The minimum Gasteiger partial charge on any atom is -0.338 e. The van der Waals surface area contributed by atoms with Crippen molar-refractivity contribution in [1.29, 1.82) is 0 Å². The molecule has 0 aromatic carbocycles. The highest BCUT2D eigenvalue weighted by Gasteiger charge is 2.33. The average molecular weight is 361 g/mol. The van der Waals surface area contributed by atoms with Crippen LogP contribution >= 0.6 is 24.2 Å². The molecule has 0 aliphatic heterocycles. The van der Waals surface area contributed by atoms with Crippen LogP contribution in [0.5, 0.6) is 0 Å². The monoisotopic (exact) mass is 360 g/mol. The average Bonchev–Trinajstić information content (AvgIpc) is 2.73. The third kappa shape index (κ3) is 4.64. The number of H-pyrrole nitrogens is 1. The Morgan fingerprint density at radius 2 is 2.04 bits per heavy atom. The summed E-state index contributed by atoms with van der Waals surface area (Å²) in [6, 6.07) is -0.509. The number of fused-ring (bicyclic) bond motifs is 1. The summed E-state index contributed by atoms with van der Waals surface area (Å²) in [6.07, 6.45) is 7.81. The number of aryl methyl sites for hydroxylation is 1. The van der Waals surface area contributed by atoms with Crippen molar-refractivity contribution in [3.63, 3.8) is 0 Å². The fourth-order valence-corrected chi connectivity index (χ4v) is 3.18. The molecule has 0 saturated heterocycles. The minimum atomic E-state index is -0.509. The van der Waals surface area contributed by atoms with Crippen LogP contribution in [0.2, 0.25) is 0 Å². The van der Waals surface area contributed by atoms with Crippen LogP contribution in [0.3, 0.4) is 0 Å². The van der Waals surface area contributed by atoms with Crippen molar-refractivity contribution >= 4 is 30.1 Å². The van der Waals surface area contributed by atoms with Crippen molar-refractivity contribution in [1.82, 2.24) is 15.1 Å². The molecule has 5 nitrogen and oxygen atoms in total. The number of nitrogens with two attached hydrogens (primary N) is 1. The van der Waals surface area contributed by atoms with E-state index in [4.69, 9.17) is 5.73 Å². The molecular weight excluding hydrogens is 332 g/mol. The summed E-state index contributed by atoms with van der Waals surface area (Å²) in [7, 11) is 1.82. The van der Waals surface area contributed by atoms with Crippen molar-refractivity contribution in [3.05, 3.63) is 17.0 Å². The van der Waals surface area contributed by atoms with Crippen molar-refractivity contribution in [3.8, 4) is 0 Å². The van der Waals surface area contributed by atoms with E-state index in [1.807, 2.05) is 27.2 Å². The van der Waals surface area contributed by atoms with Crippen LogP contribution in [-0.4, -0.2) is 45.1 Å². The third-order valence-corrected chi connectivity index (χ3v) is 6.00. The normalized spacial score (nSPS) is 16.0. The van der Waals surface area contributed by atoms with Gasteiger partial charge in [-0.15, -0.1) is 12.4 Å². The number of nitrogens with zero attached hydrogens (tertiary/aromatic N) is 2. The van der Waals surface area contributed by atoms with E-state index in [1.54, 1.807) is 16.7 Å². The van der Waals surface area contributed by atoms with Gasteiger partial charge in [-0.05, 0) is 51.3 Å². The Kier molecular flexibility index (Phi) is 7.42. The first-order valence-corrected chi connectivity index (χ1v) is 9.20. The predicted molar refractivity (Wildman–Crippen MR) is 99.1 cm³/mol. The molecule has 0 radical (unpaired) electrons. The Morgan fingerprint density at radius 1 is 1.39 bits per heavy atom. The number of carbonyl (C=O) groups excluding carboxylic acids is 1. The van der Waals surface area contributed by atoms with Crippen molar-refractivity contribution in [2.45, 2.75) is 63.3 Å². The van der Waals surface area contributed by atoms with E-state index in [-0.39, 0.29) is 23.1 Å². The summed E-state index contributed by atoms with van der Waals surface area (Å²) in [6.45, 7) is 4.55. The molecular formula is C16H29ClN4OS. The highest BCUT2D eigenvalue weighted by Crippen LogP contribution is 2.26. The van der Waals surface area contributed by atoms with E-state index >= 15 is 0 Å². The summed E-state index contributed by atoms with van der Waals surface area (Å²) < 4.78 is -0.270. The van der Waals surface area contributed by atoms with Crippen LogP contribution in [0.15, 0.2) is 0 Å². The molecule has 1 amide bonds. The minimum absolute atomic E-state index is 0. The first-order valence-electron chi connectivity index (χ1n) is 7.97. The number of likely N-dealkylation sites (N-methyl/N-ethyl adjacent to an activating group) is 1. The zero-order chi connectivity index (χ0) is 16.3. The number of aromatic amines is 1. The number of rotatable bonds is 5. The molecule has 0 bridgehead atoms. The summed E-state index contributed by atoms with van der Waals surface area (Å²) in [4.78, 5) is 14.3. The summed E-state index contributed by atoms with van der Waals surface area (Å²) in [5.74, 6) is -0.0234. The number of halogens is 1. The SMILES string of the molecule is CSC(C)(C)[C@H](N)C(=O)N(C)Cc1n[nH]c2c1CCCCC2.Cl. The molecule has 1 aromatic heterocycles. The Labute approximate surface area is 149 Å². The molecule has 0 saturated carbocycles. The summed E-state index contributed by atoms with van der Waals surface area (Å²) >= 11 is 1.62. The second kappa shape index (κ2) is 8.40. The van der Waals surface area contributed by atoms with Gasteiger partial charge >= 0.3 is 0 Å². The number of carbonyl (C=O) groups is 1. The van der Waals surface area contributed by atoms with Gasteiger partial charge in [-0.2, -0.15) is 16.9 Å². The van der Waals surface area contributed by atoms with E-state index < -0.39 is 6.04 Å². The number of aromatic nitrogens is 2. The van der Waals surface area contributed by atoms with Gasteiger partial charge in [0.15, 0.2) is 0 Å². The predicted octanol–water partition coefficient (Wildman–Crippen LogP) is 2.53. The zero-order valence-corrected chi connectivity index (χ0v) is 16.1. The number of thioether (sulfide) groups is 1. The third-order valence-electron chi connectivity index (χ3n) is 4.70. The summed E-state index contributed by atoms with van der Waals surface area (Å²) in [5.41, 5.74) is 9.73. The topological polar surface area (TPSA) is 75.0 Å². The van der Waals surface area contributed by atoms with E-state index in [2.05, 4.69) is 10.2 Å². The lowest BCUT2D eigenvalue weighted by Crippen LogP contribution is -2.52. The van der Waals surface area contributed by atoms with Crippen molar-refractivity contribution < 1.29 is 4.79 Å². The molecule has 1 aromatic rings. The van der Waals surface area contributed by atoms with Gasteiger partial charge in [0, 0.05) is 17.5 Å². The summed E-state index contributed by atoms with van der Waals surface area (Å²) in [5, 5.41) is 7.60. The second-order valence-corrected chi connectivity index (χ2v) is 8.13. The van der Waals surface area contributed by atoms with Gasteiger partial charge in [0.25, 0.3) is 0 Å². The van der Waals surface area contributed by atoms with Gasteiger partial charge in [0.1, 0.15) is 0 Å². The van der Waals surface area contributed by atoms with E-state index in [0.717, 1.165) is 18.5 Å². The molecule has 1 heterocycles. The number of hydrogen-bond acceptors (Lipinski definition) is 4. The standard InChI is InChI=1S/C16H28N4OS.ClH/c1-16(2,22-4)14(17)15(21)20(3)10-13-11-8-6-5-7-9-12(11)18-19-13;/h14H,5-10,17H2,1-4H3,(H,18,19);1H/t14-;/m1./s1. The highest BCUT2D eigenvalue weighted by molar-refractivity contribution is 8.00. The molecule has 132 valence electrons. The van der Waals surface area contributed by atoms with Crippen molar-refractivity contribution in [2.24, 2.45) is 5.73 Å². The highest BCUT2D eigenvalue weighted by atomic mass is 35.5. The van der Waals surface area contributed by atoms with Gasteiger partial charge in [-0.3, -0.25) is 9.89 Å². The Morgan fingerprint density at radius 3 is 2.70 bits per heavy atom. The second-order valence-electron chi connectivity index (χ2n) is 6.67. The van der Waals surface area contributed by atoms with E-state index in [1.165, 1.54) is 30.5 Å². The Balaban J connectivity index is 0.00000264. The molecule has 3 N–H and O–H groups in total. The number of amides is 1. The molecule has 0 spiro atoms. The van der Waals surface area contributed by atoms with Crippen LogP contribution in [-0.2, 0) is 24.2 Å². The fraction of sp³-hybridized carbons (Fsp3) is 0.750. The quantitative estimate of drug-likeness (QED) is 0.791. The zero-order valence-electron chi connectivity index (χ0n) is 14.5. The van der Waals surface area contributed by atoms with Gasteiger partial charge in [0.05, 0.1) is 18.3 Å². The molecule has 1 atom stereocenters. The van der Waals surface area contributed by atoms with Gasteiger partial charge in [-0.25, -0.2) is 0 Å². The fourth-order valence-electron chi connectivity index (χ4n) is 2.82. The van der Waals surface area contributed by atoms with Crippen molar-refractivity contribution in [2.75, 3.05) is 13.3 Å². The van der Waals surface area contributed by atoms with Gasteiger partial charge in [-0.1, -0.05) is 6.42 Å². The van der Waals surface area contributed by atoms with E-state index in [9.17, 15) is 4.79 Å². The molecule has 0 unspecified atom stereocenters. The van der Waals surface area contributed by atoms with Crippen LogP contribution < -0.4 is 5.73 Å². The van der Waals surface area contributed by atoms with Crippen LogP contribution in [0.1, 0.15) is 50.1 Å². The molecule has 1 aliphatic carbocycles.